The van der Waals surface area contributed by atoms with Gasteiger partial charge in [-0.05, 0) is 57.7 Å². The van der Waals surface area contributed by atoms with Crippen LogP contribution >= 0.6 is 0 Å². The van der Waals surface area contributed by atoms with Crippen molar-refractivity contribution in [1.82, 2.24) is 8.96 Å². The average Bonchev–Trinajstić information content (AvgIpc) is 3.32. The number of benzene rings is 1. The highest BCUT2D eigenvalue weighted by Crippen LogP contribution is 2.40. The Kier molecular flexibility index (Phi) is 4.00. The summed E-state index contributed by atoms with van der Waals surface area (Å²) in [4.78, 5) is 16.9. The van der Waals surface area contributed by atoms with Gasteiger partial charge in [0.1, 0.15) is 0 Å². The maximum atomic E-state index is 13.6. The second-order valence-electron chi connectivity index (χ2n) is 7.53. The first-order valence-electron chi connectivity index (χ1n) is 9.05. The number of aryl methyl sites for hydroxylation is 3. The highest BCUT2D eigenvalue weighted by molar-refractivity contribution is 7.90. The van der Waals surface area contributed by atoms with Gasteiger partial charge in [0.05, 0.1) is 10.4 Å². The van der Waals surface area contributed by atoms with E-state index < -0.39 is 10.0 Å². The van der Waals surface area contributed by atoms with Crippen molar-refractivity contribution in [3.05, 3.63) is 58.5 Å². The molecule has 2 aromatic heterocycles. The van der Waals surface area contributed by atoms with Gasteiger partial charge in [-0.15, -0.1) is 0 Å². The molecule has 1 aliphatic rings. The van der Waals surface area contributed by atoms with Crippen LogP contribution in [0.15, 0.2) is 35.5 Å². The van der Waals surface area contributed by atoms with Crippen LogP contribution in [-0.2, 0) is 10.0 Å². The van der Waals surface area contributed by atoms with Crippen molar-refractivity contribution in [2.45, 2.75) is 51.3 Å². The number of carbonyl (C=O) groups is 1. The van der Waals surface area contributed by atoms with Crippen molar-refractivity contribution < 1.29 is 13.2 Å². The number of Topliss-reactive ketones (excluding diaryl/α,β-unsaturated/α-hetero) is 1. The van der Waals surface area contributed by atoms with E-state index in [0.29, 0.717) is 38.4 Å². The molecule has 1 saturated carbocycles. The van der Waals surface area contributed by atoms with Crippen LogP contribution in [0.3, 0.4) is 0 Å². The van der Waals surface area contributed by atoms with Gasteiger partial charge < -0.3 is 0 Å². The highest BCUT2D eigenvalue weighted by Gasteiger charge is 2.29. The Morgan fingerprint density at radius 1 is 1.11 bits per heavy atom. The van der Waals surface area contributed by atoms with Gasteiger partial charge in [0.25, 0.3) is 10.0 Å². The summed E-state index contributed by atoms with van der Waals surface area (Å²) in [6.07, 6.45) is 5.23. The number of hydrogen-bond donors (Lipinski definition) is 0. The fraction of sp³-hybridized carbons (Fsp3) is 0.333. The van der Waals surface area contributed by atoms with Crippen LogP contribution in [-0.4, -0.2) is 23.2 Å². The maximum Gasteiger partial charge on any atom is 0.268 e. The molecule has 2 heterocycles. The number of pyridine rings is 1. The van der Waals surface area contributed by atoms with Crippen LogP contribution < -0.4 is 0 Å². The number of carbonyl (C=O) groups excluding carboxylic acids is 1. The number of aromatic nitrogens is 2. The van der Waals surface area contributed by atoms with Crippen molar-refractivity contribution in [3.8, 4) is 0 Å². The fourth-order valence-corrected chi connectivity index (χ4v) is 5.64. The molecule has 140 valence electrons. The molecule has 0 bridgehead atoms. The molecule has 4 rings (SSSR count). The van der Waals surface area contributed by atoms with Gasteiger partial charge in [0.15, 0.2) is 5.78 Å². The molecule has 3 aromatic rings. The summed E-state index contributed by atoms with van der Waals surface area (Å²) >= 11 is 0. The number of ketones is 1. The standard InChI is InChI=1S/C21H22N2O3S/c1-12-7-13(2)21(14(3)8-12)27(25,26)23-11-18(15(4)24)17-10-22-19(9-20(17)23)16-5-6-16/h7-11,16H,5-6H2,1-4H3. The third kappa shape index (κ3) is 2.88. The van der Waals surface area contributed by atoms with E-state index in [1.165, 1.54) is 17.1 Å². The summed E-state index contributed by atoms with van der Waals surface area (Å²) in [6, 6.07) is 5.57. The van der Waals surface area contributed by atoms with Crippen molar-refractivity contribution in [2.24, 2.45) is 0 Å². The molecule has 1 fully saturated rings. The van der Waals surface area contributed by atoms with Crippen molar-refractivity contribution in [3.63, 3.8) is 0 Å². The van der Waals surface area contributed by atoms with Crippen LogP contribution in [0.2, 0.25) is 0 Å². The molecule has 6 heteroatoms. The Morgan fingerprint density at radius 3 is 2.30 bits per heavy atom. The van der Waals surface area contributed by atoms with E-state index in [9.17, 15) is 13.2 Å². The molecule has 1 aromatic carbocycles. The molecule has 0 radical (unpaired) electrons. The molecule has 1 aliphatic carbocycles. The van der Waals surface area contributed by atoms with Gasteiger partial charge in [0.2, 0.25) is 0 Å². The molecule has 5 nitrogen and oxygen atoms in total. The predicted octanol–water partition coefficient (Wildman–Crippen LogP) is 4.28. The quantitative estimate of drug-likeness (QED) is 0.632. The average molecular weight is 382 g/mol. The minimum Gasteiger partial charge on any atom is -0.294 e. The summed E-state index contributed by atoms with van der Waals surface area (Å²) < 4.78 is 28.4. The second kappa shape index (κ2) is 6.02. The van der Waals surface area contributed by atoms with E-state index >= 15 is 0 Å². The zero-order valence-corrected chi connectivity index (χ0v) is 16.7. The molecule has 0 spiro atoms. The number of fused-ring (bicyclic) bond motifs is 1. The van der Waals surface area contributed by atoms with Crippen LogP contribution in [0.5, 0.6) is 0 Å². The van der Waals surface area contributed by atoms with Crippen LogP contribution in [0.25, 0.3) is 10.9 Å². The lowest BCUT2D eigenvalue weighted by Gasteiger charge is -2.14. The lowest BCUT2D eigenvalue weighted by atomic mass is 10.1. The third-order valence-electron chi connectivity index (χ3n) is 5.17. The minimum absolute atomic E-state index is 0.174. The summed E-state index contributed by atoms with van der Waals surface area (Å²) in [5.41, 5.74) is 4.23. The van der Waals surface area contributed by atoms with Crippen LogP contribution in [0.1, 0.15) is 58.4 Å². The SMILES string of the molecule is CC(=O)c1cn(S(=O)(=O)c2c(C)cc(C)cc2C)c2cc(C3CC3)ncc12. The van der Waals surface area contributed by atoms with Crippen molar-refractivity contribution in [2.75, 3.05) is 0 Å². The van der Waals surface area contributed by atoms with Gasteiger partial charge in [-0.1, -0.05) is 17.7 Å². The second-order valence-corrected chi connectivity index (χ2v) is 9.28. The normalized spacial score (nSPS) is 14.7. The van der Waals surface area contributed by atoms with E-state index in [0.717, 1.165) is 24.1 Å². The molecular weight excluding hydrogens is 360 g/mol. The van der Waals surface area contributed by atoms with Gasteiger partial charge in [-0.2, -0.15) is 0 Å². The Labute approximate surface area is 159 Å². The lowest BCUT2D eigenvalue weighted by molar-refractivity contribution is 0.101. The van der Waals surface area contributed by atoms with Gasteiger partial charge in [-0.3, -0.25) is 9.78 Å². The molecular formula is C21H22N2O3S. The third-order valence-corrected chi connectivity index (χ3v) is 7.15. The minimum atomic E-state index is -3.84. The Balaban J connectivity index is 2.03. The lowest BCUT2D eigenvalue weighted by Crippen LogP contribution is -2.15. The number of rotatable bonds is 4. The van der Waals surface area contributed by atoms with E-state index in [1.807, 2.05) is 39.0 Å². The first-order valence-corrected chi connectivity index (χ1v) is 10.5. The van der Waals surface area contributed by atoms with Crippen LogP contribution in [0.4, 0.5) is 0 Å². The molecule has 0 aliphatic heterocycles. The molecule has 0 amide bonds. The molecule has 0 N–H and O–H groups in total. The number of nitrogens with zero attached hydrogens (tertiary/aromatic N) is 2. The summed E-state index contributed by atoms with van der Waals surface area (Å²) in [7, 11) is -3.84. The highest BCUT2D eigenvalue weighted by atomic mass is 32.2. The van der Waals surface area contributed by atoms with Crippen molar-refractivity contribution >= 4 is 26.7 Å². The van der Waals surface area contributed by atoms with Crippen molar-refractivity contribution in [1.29, 1.82) is 0 Å². The topological polar surface area (TPSA) is 69.0 Å². The van der Waals surface area contributed by atoms with E-state index in [2.05, 4.69) is 4.98 Å². The van der Waals surface area contributed by atoms with Gasteiger partial charge >= 0.3 is 0 Å². The van der Waals surface area contributed by atoms with E-state index in [1.54, 1.807) is 6.20 Å². The zero-order chi connectivity index (χ0) is 19.5. The summed E-state index contributed by atoms with van der Waals surface area (Å²) in [6.45, 7) is 7.01. The van der Waals surface area contributed by atoms with Gasteiger partial charge in [-0.25, -0.2) is 12.4 Å². The Hall–Kier alpha value is -2.47. The molecule has 0 unspecified atom stereocenters. The first kappa shape index (κ1) is 17.9. The monoisotopic (exact) mass is 382 g/mol. The molecule has 0 saturated heterocycles. The summed E-state index contributed by atoms with van der Waals surface area (Å²) in [5, 5.41) is 0.581. The van der Waals surface area contributed by atoms with E-state index in [-0.39, 0.29) is 5.78 Å². The summed E-state index contributed by atoms with van der Waals surface area (Å²) in [5.74, 6) is 0.219. The smallest absolute Gasteiger partial charge is 0.268 e. The van der Waals surface area contributed by atoms with Crippen LogP contribution in [0, 0.1) is 20.8 Å². The maximum absolute atomic E-state index is 13.6. The Morgan fingerprint density at radius 2 is 1.74 bits per heavy atom. The largest absolute Gasteiger partial charge is 0.294 e. The zero-order valence-electron chi connectivity index (χ0n) is 15.9. The molecule has 0 atom stereocenters. The Bertz CT molecular complexity index is 1180. The number of hydrogen-bond acceptors (Lipinski definition) is 4. The van der Waals surface area contributed by atoms with E-state index in [4.69, 9.17) is 0 Å². The fourth-order valence-electron chi connectivity index (χ4n) is 3.86. The first-order chi connectivity index (χ1) is 12.7. The van der Waals surface area contributed by atoms with Gasteiger partial charge in [0, 0.05) is 35.0 Å². The molecule has 27 heavy (non-hydrogen) atoms. The predicted molar refractivity (Wildman–Crippen MR) is 105 cm³/mol.